The molecule has 1 fully saturated rings. The maximum absolute atomic E-state index is 11.8. The number of H-pyrrole nitrogens is 1. The molecule has 0 saturated carbocycles. The Kier molecular flexibility index (Phi) is 2.32. The topological polar surface area (TPSA) is 66.1 Å². The van der Waals surface area contributed by atoms with Gasteiger partial charge in [0.2, 0.25) is 0 Å². The molecule has 1 aliphatic rings. The van der Waals surface area contributed by atoms with Crippen molar-refractivity contribution in [1.82, 2.24) is 14.3 Å². The first-order chi connectivity index (χ1) is 6.64. The van der Waals surface area contributed by atoms with Gasteiger partial charge in [0.25, 0.3) is 10.0 Å². The highest BCUT2D eigenvalue weighted by Gasteiger charge is 2.30. The number of hydrogen-bond donors (Lipinski definition) is 1. The van der Waals surface area contributed by atoms with Gasteiger partial charge in [-0.3, -0.25) is 0 Å². The highest BCUT2D eigenvalue weighted by atomic mass is 32.2. The standard InChI is InChI=1S/C8H13N3O2S/c1-2-7-9-6-8(10-7)14(12,13)11-4-3-5-11/h6H,2-5H2,1H3,(H,9,10). The molecule has 14 heavy (non-hydrogen) atoms. The molecule has 0 aliphatic carbocycles. The van der Waals surface area contributed by atoms with Crippen LogP contribution >= 0.6 is 0 Å². The van der Waals surface area contributed by atoms with Crippen LogP contribution in [0.2, 0.25) is 0 Å². The highest BCUT2D eigenvalue weighted by molar-refractivity contribution is 7.89. The van der Waals surface area contributed by atoms with Crippen molar-refractivity contribution in [3.63, 3.8) is 0 Å². The third-order valence-electron chi connectivity index (χ3n) is 2.37. The van der Waals surface area contributed by atoms with Gasteiger partial charge in [0.1, 0.15) is 5.82 Å². The molecule has 1 aromatic rings. The lowest BCUT2D eigenvalue weighted by Gasteiger charge is -2.28. The van der Waals surface area contributed by atoms with Crippen molar-refractivity contribution >= 4 is 10.0 Å². The van der Waals surface area contributed by atoms with Crippen LogP contribution in [0, 0.1) is 0 Å². The zero-order chi connectivity index (χ0) is 10.2. The van der Waals surface area contributed by atoms with Crippen LogP contribution in [0.3, 0.4) is 0 Å². The van der Waals surface area contributed by atoms with Crippen LogP contribution in [-0.4, -0.2) is 35.8 Å². The van der Waals surface area contributed by atoms with Crippen LogP contribution in [0.15, 0.2) is 11.2 Å². The molecule has 1 N–H and O–H groups in total. The van der Waals surface area contributed by atoms with E-state index in [2.05, 4.69) is 9.97 Å². The number of aromatic nitrogens is 2. The first-order valence-corrected chi connectivity index (χ1v) is 6.12. The Bertz CT molecular complexity index is 420. The molecule has 1 aromatic heterocycles. The van der Waals surface area contributed by atoms with Crippen LogP contribution in [-0.2, 0) is 16.4 Å². The summed E-state index contributed by atoms with van der Waals surface area (Å²) < 4.78 is 25.1. The Hall–Kier alpha value is -0.880. The minimum atomic E-state index is -3.28. The second-order valence-corrected chi connectivity index (χ2v) is 5.21. The highest BCUT2D eigenvalue weighted by Crippen LogP contribution is 2.19. The van der Waals surface area contributed by atoms with Gasteiger partial charge in [0, 0.05) is 19.5 Å². The second kappa shape index (κ2) is 3.36. The number of rotatable bonds is 3. The monoisotopic (exact) mass is 215 g/mol. The van der Waals surface area contributed by atoms with Crippen molar-refractivity contribution in [2.45, 2.75) is 24.8 Å². The first-order valence-electron chi connectivity index (χ1n) is 4.68. The smallest absolute Gasteiger partial charge is 0.260 e. The summed E-state index contributed by atoms with van der Waals surface area (Å²) in [6, 6.07) is 0. The van der Waals surface area contributed by atoms with Crippen molar-refractivity contribution in [2.75, 3.05) is 13.1 Å². The van der Waals surface area contributed by atoms with Crippen molar-refractivity contribution in [3.05, 3.63) is 12.0 Å². The van der Waals surface area contributed by atoms with E-state index in [1.165, 1.54) is 10.5 Å². The first kappa shape index (κ1) is 9.67. The van der Waals surface area contributed by atoms with Gasteiger partial charge in [-0.25, -0.2) is 13.4 Å². The van der Waals surface area contributed by atoms with Gasteiger partial charge in [-0.05, 0) is 6.42 Å². The van der Waals surface area contributed by atoms with Gasteiger partial charge in [-0.15, -0.1) is 0 Å². The van der Waals surface area contributed by atoms with Gasteiger partial charge < -0.3 is 4.98 Å². The van der Waals surface area contributed by atoms with Gasteiger partial charge in [-0.2, -0.15) is 4.31 Å². The predicted octanol–water partition coefficient (Wildman–Crippen LogP) is 0.367. The summed E-state index contributed by atoms with van der Waals surface area (Å²) in [7, 11) is -3.28. The van der Waals surface area contributed by atoms with Crippen molar-refractivity contribution < 1.29 is 8.42 Å². The van der Waals surface area contributed by atoms with Crippen molar-refractivity contribution in [2.24, 2.45) is 0 Å². The molecule has 0 spiro atoms. The summed E-state index contributed by atoms with van der Waals surface area (Å²) in [5.41, 5.74) is 0. The molecule has 5 nitrogen and oxygen atoms in total. The lowest BCUT2D eigenvalue weighted by molar-refractivity contribution is 0.308. The molecule has 0 atom stereocenters. The molecule has 6 heteroatoms. The average molecular weight is 215 g/mol. The summed E-state index contributed by atoms with van der Waals surface area (Å²) in [6.45, 7) is 3.19. The molecule has 0 unspecified atom stereocenters. The molecular weight excluding hydrogens is 202 g/mol. The van der Waals surface area contributed by atoms with Gasteiger partial charge in [0.05, 0.1) is 6.20 Å². The number of hydrogen-bond acceptors (Lipinski definition) is 3. The Balaban J connectivity index is 2.28. The Labute approximate surface area is 83.2 Å². The predicted molar refractivity (Wildman–Crippen MR) is 51.3 cm³/mol. The van der Waals surface area contributed by atoms with Crippen LogP contribution in [0.1, 0.15) is 19.2 Å². The Morgan fingerprint density at radius 2 is 2.29 bits per heavy atom. The lowest BCUT2D eigenvalue weighted by atomic mass is 10.3. The quantitative estimate of drug-likeness (QED) is 0.792. The largest absolute Gasteiger partial charge is 0.332 e. The Morgan fingerprint density at radius 3 is 2.71 bits per heavy atom. The molecule has 0 amide bonds. The molecule has 1 saturated heterocycles. The van der Waals surface area contributed by atoms with E-state index in [0.717, 1.165) is 12.8 Å². The molecule has 0 bridgehead atoms. The van der Waals surface area contributed by atoms with E-state index >= 15 is 0 Å². The fraction of sp³-hybridized carbons (Fsp3) is 0.625. The number of sulfonamides is 1. The van der Waals surface area contributed by atoms with Crippen molar-refractivity contribution in [1.29, 1.82) is 0 Å². The van der Waals surface area contributed by atoms with Crippen LogP contribution in [0.25, 0.3) is 0 Å². The molecule has 2 rings (SSSR count). The van der Waals surface area contributed by atoms with Crippen LogP contribution in [0.4, 0.5) is 0 Å². The van der Waals surface area contributed by atoms with E-state index in [1.54, 1.807) is 0 Å². The molecule has 1 aliphatic heterocycles. The van der Waals surface area contributed by atoms with E-state index in [4.69, 9.17) is 0 Å². The number of imidazole rings is 1. The summed E-state index contributed by atoms with van der Waals surface area (Å²) >= 11 is 0. The Morgan fingerprint density at radius 1 is 1.57 bits per heavy atom. The average Bonchev–Trinajstić information content (AvgIpc) is 2.47. The molecule has 78 valence electrons. The maximum atomic E-state index is 11.8. The fourth-order valence-corrected chi connectivity index (χ4v) is 2.77. The van der Waals surface area contributed by atoms with Crippen LogP contribution in [0.5, 0.6) is 0 Å². The minimum Gasteiger partial charge on any atom is -0.332 e. The molecule has 2 heterocycles. The van der Waals surface area contributed by atoms with E-state index in [0.29, 0.717) is 18.9 Å². The van der Waals surface area contributed by atoms with E-state index in [9.17, 15) is 8.42 Å². The van der Waals surface area contributed by atoms with Gasteiger partial charge in [-0.1, -0.05) is 6.92 Å². The van der Waals surface area contributed by atoms with Crippen molar-refractivity contribution in [3.8, 4) is 0 Å². The number of aryl methyl sites for hydroxylation is 1. The summed E-state index contributed by atoms with van der Waals surface area (Å²) in [5, 5.41) is 0.217. The number of aromatic amines is 1. The second-order valence-electron chi connectivity index (χ2n) is 3.31. The van der Waals surface area contributed by atoms with Crippen LogP contribution < -0.4 is 0 Å². The number of nitrogens with zero attached hydrogens (tertiary/aromatic N) is 2. The SMILES string of the molecule is CCc1ncc(S(=O)(=O)N2CCC2)[nH]1. The zero-order valence-electron chi connectivity index (χ0n) is 8.02. The van der Waals surface area contributed by atoms with E-state index in [1.807, 2.05) is 6.92 Å². The summed E-state index contributed by atoms with van der Waals surface area (Å²) in [4.78, 5) is 6.79. The molecule has 0 aromatic carbocycles. The van der Waals surface area contributed by atoms with E-state index < -0.39 is 10.0 Å². The normalized spacial score (nSPS) is 18.1. The minimum absolute atomic E-state index is 0.217. The molecular formula is C8H13N3O2S. The fourth-order valence-electron chi connectivity index (χ4n) is 1.32. The third kappa shape index (κ3) is 1.44. The summed E-state index contributed by atoms with van der Waals surface area (Å²) in [6.07, 6.45) is 3.07. The maximum Gasteiger partial charge on any atom is 0.260 e. The third-order valence-corrected chi connectivity index (χ3v) is 4.18. The zero-order valence-corrected chi connectivity index (χ0v) is 8.84. The van der Waals surface area contributed by atoms with Gasteiger partial charge in [0.15, 0.2) is 5.03 Å². The molecule has 0 radical (unpaired) electrons. The lowest BCUT2D eigenvalue weighted by Crippen LogP contribution is -2.42. The van der Waals surface area contributed by atoms with Gasteiger partial charge >= 0.3 is 0 Å². The summed E-state index contributed by atoms with van der Waals surface area (Å²) in [5.74, 6) is 0.712. The van der Waals surface area contributed by atoms with E-state index in [-0.39, 0.29) is 5.03 Å². The number of nitrogens with one attached hydrogen (secondary N) is 1.